The van der Waals surface area contributed by atoms with Gasteiger partial charge in [-0.2, -0.15) is 0 Å². The molecule has 0 heterocycles. The van der Waals surface area contributed by atoms with Crippen LogP contribution in [-0.4, -0.2) is 5.11 Å². The molecule has 1 nitrogen and oxygen atoms in total. The molecule has 0 saturated carbocycles. The molecular weight excluding hydrogens is 319 g/mol. The van der Waals surface area contributed by atoms with Crippen molar-refractivity contribution in [2.45, 2.75) is 12.5 Å². The van der Waals surface area contributed by atoms with Crippen molar-refractivity contribution in [1.29, 1.82) is 0 Å². The Kier molecular flexibility index (Phi) is 4.38. The third-order valence-corrected chi connectivity index (χ3v) is 3.36. The minimum Gasteiger partial charge on any atom is -0.388 e. The summed E-state index contributed by atoms with van der Waals surface area (Å²) in [6.07, 6.45) is -0.341. The van der Waals surface area contributed by atoms with E-state index < -0.39 is 11.9 Å². The summed E-state index contributed by atoms with van der Waals surface area (Å²) in [5, 5.41) is 10.3. The Balaban J connectivity index is 2.16. The number of aliphatic hydroxyl groups is 1. The first kappa shape index (κ1) is 13.5. The van der Waals surface area contributed by atoms with Crippen molar-refractivity contribution in [2.24, 2.45) is 0 Å². The molecule has 4 heteroatoms. The molecule has 0 aliphatic carbocycles. The molecule has 18 heavy (non-hydrogen) atoms. The second-order valence-corrected chi connectivity index (χ2v) is 5.40. The van der Waals surface area contributed by atoms with Gasteiger partial charge < -0.3 is 5.11 Å². The summed E-state index contributed by atoms with van der Waals surface area (Å²) in [6.45, 7) is 0. The molecule has 1 atom stereocenters. The molecule has 94 valence electrons. The van der Waals surface area contributed by atoms with Crippen LogP contribution in [0.4, 0.5) is 4.39 Å². The van der Waals surface area contributed by atoms with Crippen LogP contribution in [0.2, 0.25) is 5.02 Å². The Morgan fingerprint density at radius 1 is 1.17 bits per heavy atom. The predicted molar refractivity (Wildman–Crippen MR) is 74.2 cm³/mol. The van der Waals surface area contributed by atoms with Crippen molar-refractivity contribution in [1.82, 2.24) is 0 Å². The van der Waals surface area contributed by atoms with Gasteiger partial charge in [-0.25, -0.2) is 4.39 Å². The number of benzene rings is 2. The summed E-state index contributed by atoms with van der Waals surface area (Å²) < 4.78 is 14.2. The molecule has 0 aliphatic heterocycles. The molecule has 0 bridgehead atoms. The maximum Gasteiger partial charge on any atom is 0.125 e. The van der Waals surface area contributed by atoms with Crippen molar-refractivity contribution in [3.63, 3.8) is 0 Å². The van der Waals surface area contributed by atoms with Crippen molar-refractivity contribution in [2.75, 3.05) is 0 Å². The van der Waals surface area contributed by atoms with E-state index in [2.05, 4.69) is 15.9 Å². The minimum absolute atomic E-state index is 0.292. The lowest BCUT2D eigenvalue weighted by molar-refractivity contribution is 0.178. The number of halogens is 3. The summed E-state index contributed by atoms with van der Waals surface area (Å²) in [5.41, 5.74) is 1.47. The van der Waals surface area contributed by atoms with E-state index in [9.17, 15) is 9.50 Å². The first-order valence-electron chi connectivity index (χ1n) is 5.43. The highest BCUT2D eigenvalue weighted by Crippen LogP contribution is 2.23. The van der Waals surface area contributed by atoms with Crippen LogP contribution in [0, 0.1) is 5.82 Å². The van der Waals surface area contributed by atoms with Gasteiger partial charge >= 0.3 is 0 Å². The zero-order chi connectivity index (χ0) is 13.1. The van der Waals surface area contributed by atoms with Crippen molar-refractivity contribution >= 4 is 27.5 Å². The monoisotopic (exact) mass is 328 g/mol. The number of hydrogen-bond acceptors (Lipinski definition) is 1. The average molecular weight is 330 g/mol. The average Bonchev–Trinajstić information content (AvgIpc) is 2.31. The second-order valence-electron chi connectivity index (χ2n) is 4.05. The molecule has 0 saturated heterocycles. The van der Waals surface area contributed by atoms with E-state index in [1.54, 1.807) is 6.07 Å². The molecule has 0 radical (unpaired) electrons. The van der Waals surface area contributed by atoms with Gasteiger partial charge in [0.2, 0.25) is 0 Å². The summed E-state index contributed by atoms with van der Waals surface area (Å²) in [4.78, 5) is 0. The molecule has 1 unspecified atom stereocenters. The molecule has 0 amide bonds. The third kappa shape index (κ3) is 3.55. The summed E-state index contributed by atoms with van der Waals surface area (Å²) in [5.74, 6) is -0.438. The second kappa shape index (κ2) is 5.83. The predicted octanol–water partition coefficient (Wildman–Crippen LogP) is 4.52. The van der Waals surface area contributed by atoms with E-state index in [1.165, 1.54) is 12.1 Å². The van der Waals surface area contributed by atoms with Gasteiger partial charge in [0, 0.05) is 15.9 Å². The standard InChI is InChI=1S/C14H11BrClFO/c15-11-3-1-9(2-4-11)5-14(18)10-6-12(16)8-13(17)7-10/h1-4,6-8,14,18H,5H2. The van der Waals surface area contributed by atoms with Gasteiger partial charge in [0.1, 0.15) is 5.82 Å². The van der Waals surface area contributed by atoms with E-state index in [0.29, 0.717) is 17.0 Å². The summed E-state index contributed by atoms with van der Waals surface area (Å²) in [6, 6.07) is 11.7. The fourth-order valence-corrected chi connectivity index (χ4v) is 2.22. The highest BCUT2D eigenvalue weighted by Gasteiger charge is 2.10. The fourth-order valence-electron chi connectivity index (χ4n) is 1.73. The van der Waals surface area contributed by atoms with Crippen LogP contribution < -0.4 is 0 Å². The first-order chi connectivity index (χ1) is 8.54. The lowest BCUT2D eigenvalue weighted by atomic mass is 10.0. The summed E-state index contributed by atoms with van der Waals surface area (Å²) in [7, 11) is 0. The molecule has 0 aromatic heterocycles. The Bertz CT molecular complexity index is 522. The Labute approximate surface area is 118 Å². The van der Waals surface area contributed by atoms with Crippen LogP contribution in [-0.2, 0) is 6.42 Å². The van der Waals surface area contributed by atoms with Gasteiger partial charge in [0.25, 0.3) is 0 Å². The largest absolute Gasteiger partial charge is 0.388 e. The minimum atomic E-state index is -0.764. The SMILES string of the molecule is OC(Cc1ccc(Br)cc1)c1cc(F)cc(Cl)c1. The van der Waals surface area contributed by atoms with Gasteiger partial charge in [-0.15, -0.1) is 0 Å². The molecule has 2 aromatic rings. The maximum atomic E-state index is 13.2. The van der Waals surface area contributed by atoms with Gasteiger partial charge in [-0.3, -0.25) is 0 Å². The lowest BCUT2D eigenvalue weighted by Gasteiger charge is -2.11. The Morgan fingerprint density at radius 2 is 1.83 bits per heavy atom. The van der Waals surface area contributed by atoms with Gasteiger partial charge in [-0.1, -0.05) is 39.7 Å². The molecule has 1 N–H and O–H groups in total. The van der Waals surface area contributed by atoms with Crippen molar-refractivity contribution in [3.05, 3.63) is 68.9 Å². The fraction of sp³-hybridized carbons (Fsp3) is 0.143. The molecule has 2 aromatic carbocycles. The number of hydrogen-bond donors (Lipinski definition) is 1. The van der Waals surface area contributed by atoms with E-state index >= 15 is 0 Å². The smallest absolute Gasteiger partial charge is 0.125 e. The van der Waals surface area contributed by atoms with Crippen LogP contribution in [0.15, 0.2) is 46.9 Å². The molecule has 0 spiro atoms. The van der Waals surface area contributed by atoms with Crippen LogP contribution in [0.25, 0.3) is 0 Å². The van der Waals surface area contributed by atoms with Crippen molar-refractivity contribution < 1.29 is 9.50 Å². The van der Waals surface area contributed by atoms with E-state index in [4.69, 9.17) is 11.6 Å². The highest BCUT2D eigenvalue weighted by atomic mass is 79.9. The van der Waals surface area contributed by atoms with Gasteiger partial charge in [-0.05, 0) is 41.5 Å². The van der Waals surface area contributed by atoms with Gasteiger partial charge in [0.05, 0.1) is 6.10 Å². The highest BCUT2D eigenvalue weighted by molar-refractivity contribution is 9.10. The van der Waals surface area contributed by atoms with E-state index in [-0.39, 0.29) is 0 Å². The Morgan fingerprint density at radius 3 is 2.44 bits per heavy atom. The van der Waals surface area contributed by atoms with Gasteiger partial charge in [0.15, 0.2) is 0 Å². The van der Waals surface area contributed by atoms with Crippen molar-refractivity contribution in [3.8, 4) is 0 Å². The molecule has 0 fully saturated rings. The molecule has 2 rings (SSSR count). The molecule has 0 aliphatic rings. The Hall–Kier alpha value is -0.900. The zero-order valence-corrected chi connectivity index (χ0v) is 11.7. The van der Waals surface area contributed by atoms with Crippen LogP contribution in [0.1, 0.15) is 17.2 Å². The van der Waals surface area contributed by atoms with E-state index in [0.717, 1.165) is 10.0 Å². The van der Waals surface area contributed by atoms with E-state index in [1.807, 2.05) is 24.3 Å². The van der Waals surface area contributed by atoms with Crippen LogP contribution in [0.5, 0.6) is 0 Å². The quantitative estimate of drug-likeness (QED) is 0.878. The third-order valence-electron chi connectivity index (χ3n) is 2.61. The molecular formula is C14H11BrClFO. The van der Waals surface area contributed by atoms with Crippen LogP contribution in [0.3, 0.4) is 0 Å². The number of rotatable bonds is 3. The normalized spacial score (nSPS) is 12.4. The lowest BCUT2D eigenvalue weighted by Crippen LogP contribution is -2.02. The zero-order valence-electron chi connectivity index (χ0n) is 9.41. The maximum absolute atomic E-state index is 13.2. The first-order valence-corrected chi connectivity index (χ1v) is 6.60. The number of aliphatic hydroxyl groups excluding tert-OH is 1. The van der Waals surface area contributed by atoms with Crippen LogP contribution >= 0.6 is 27.5 Å². The topological polar surface area (TPSA) is 20.2 Å². The summed E-state index contributed by atoms with van der Waals surface area (Å²) >= 11 is 9.11.